The molecule has 1 aromatic rings. The predicted octanol–water partition coefficient (Wildman–Crippen LogP) is 2.95. The van der Waals surface area contributed by atoms with Gasteiger partial charge in [0.2, 0.25) is 0 Å². The van der Waals surface area contributed by atoms with Crippen LogP contribution in [0.25, 0.3) is 0 Å². The number of rotatable bonds is 4. The number of nitrogens with zero attached hydrogens (tertiary/aromatic N) is 1. The third kappa shape index (κ3) is 3.47. The van der Waals surface area contributed by atoms with Gasteiger partial charge >= 0.3 is 0 Å². The summed E-state index contributed by atoms with van der Waals surface area (Å²) in [5.41, 5.74) is 6.67. The molecule has 2 N–H and O–H groups in total. The van der Waals surface area contributed by atoms with E-state index in [9.17, 15) is 0 Å². The molecule has 0 spiro atoms. The molecule has 0 aliphatic carbocycles. The number of hydrogen-bond donors (Lipinski definition) is 1. The highest BCUT2D eigenvalue weighted by molar-refractivity contribution is 5.57. The highest BCUT2D eigenvalue weighted by Gasteiger charge is 2.07. The van der Waals surface area contributed by atoms with Gasteiger partial charge in [-0.25, -0.2) is 0 Å². The molecule has 1 atom stereocenters. The number of ether oxygens (including phenoxy) is 1. The van der Waals surface area contributed by atoms with Gasteiger partial charge < -0.3 is 10.5 Å². The maximum Gasteiger partial charge on any atom is 0.121 e. The first kappa shape index (κ1) is 12.4. The second-order valence-corrected chi connectivity index (χ2v) is 4.42. The van der Waals surface area contributed by atoms with Gasteiger partial charge in [0.25, 0.3) is 0 Å². The highest BCUT2D eigenvalue weighted by Crippen LogP contribution is 2.21. The van der Waals surface area contributed by atoms with E-state index in [0.29, 0.717) is 17.2 Å². The van der Waals surface area contributed by atoms with Crippen molar-refractivity contribution < 1.29 is 4.74 Å². The van der Waals surface area contributed by atoms with Gasteiger partial charge in [-0.1, -0.05) is 13.8 Å². The molecular formula is C13H18N2O. The molecule has 0 saturated carbocycles. The van der Waals surface area contributed by atoms with E-state index in [1.165, 1.54) is 0 Å². The zero-order valence-electron chi connectivity index (χ0n) is 10.0. The van der Waals surface area contributed by atoms with Gasteiger partial charge in [-0.2, -0.15) is 5.26 Å². The van der Waals surface area contributed by atoms with E-state index in [1.54, 1.807) is 18.2 Å². The van der Waals surface area contributed by atoms with Crippen molar-refractivity contribution in [1.29, 1.82) is 5.26 Å². The van der Waals surface area contributed by atoms with E-state index < -0.39 is 0 Å². The number of nitrogens with two attached hydrogens (primary N) is 1. The maximum absolute atomic E-state index is 8.74. The fraction of sp³-hybridized carbons (Fsp3) is 0.462. The zero-order chi connectivity index (χ0) is 12.1. The van der Waals surface area contributed by atoms with Crippen LogP contribution in [0.1, 0.15) is 32.8 Å². The van der Waals surface area contributed by atoms with Crippen LogP contribution in [-0.4, -0.2) is 6.10 Å². The summed E-state index contributed by atoms with van der Waals surface area (Å²) in [7, 11) is 0. The van der Waals surface area contributed by atoms with Crippen LogP contribution in [-0.2, 0) is 0 Å². The molecule has 0 bridgehead atoms. The van der Waals surface area contributed by atoms with Crippen LogP contribution in [0.5, 0.6) is 5.75 Å². The number of hydrogen-bond acceptors (Lipinski definition) is 3. The minimum absolute atomic E-state index is 0.160. The fourth-order valence-corrected chi connectivity index (χ4v) is 1.66. The molecule has 0 aliphatic rings. The van der Waals surface area contributed by atoms with Crippen molar-refractivity contribution in [2.24, 2.45) is 5.92 Å². The van der Waals surface area contributed by atoms with Crippen LogP contribution < -0.4 is 10.5 Å². The van der Waals surface area contributed by atoms with Crippen LogP contribution in [0.15, 0.2) is 18.2 Å². The number of nitrogen functional groups attached to an aromatic ring is 1. The van der Waals surface area contributed by atoms with E-state index >= 15 is 0 Å². The number of anilines is 1. The van der Waals surface area contributed by atoms with Crippen LogP contribution in [0.3, 0.4) is 0 Å². The van der Waals surface area contributed by atoms with Gasteiger partial charge in [-0.05, 0) is 31.4 Å². The Bertz CT molecular complexity index is 393. The van der Waals surface area contributed by atoms with Crippen molar-refractivity contribution in [3.8, 4) is 11.8 Å². The largest absolute Gasteiger partial charge is 0.491 e. The Hall–Kier alpha value is -1.69. The summed E-state index contributed by atoms with van der Waals surface area (Å²) in [4.78, 5) is 0. The lowest BCUT2D eigenvalue weighted by molar-refractivity contribution is 0.193. The Labute approximate surface area is 96.8 Å². The second-order valence-electron chi connectivity index (χ2n) is 4.42. The Morgan fingerprint density at radius 2 is 2.06 bits per heavy atom. The van der Waals surface area contributed by atoms with Crippen LogP contribution >= 0.6 is 0 Å². The van der Waals surface area contributed by atoms with E-state index in [-0.39, 0.29) is 6.10 Å². The third-order valence-corrected chi connectivity index (χ3v) is 2.28. The van der Waals surface area contributed by atoms with Gasteiger partial charge in [-0.15, -0.1) is 0 Å². The van der Waals surface area contributed by atoms with Gasteiger partial charge in [0.1, 0.15) is 11.8 Å². The van der Waals surface area contributed by atoms with Gasteiger partial charge in [0.05, 0.1) is 17.4 Å². The molecular weight excluding hydrogens is 200 g/mol. The highest BCUT2D eigenvalue weighted by atomic mass is 16.5. The van der Waals surface area contributed by atoms with Crippen molar-refractivity contribution in [3.63, 3.8) is 0 Å². The van der Waals surface area contributed by atoms with Gasteiger partial charge in [0.15, 0.2) is 0 Å². The quantitative estimate of drug-likeness (QED) is 0.790. The van der Waals surface area contributed by atoms with Crippen LogP contribution in [0, 0.1) is 17.2 Å². The van der Waals surface area contributed by atoms with Crippen molar-refractivity contribution in [2.45, 2.75) is 33.3 Å². The minimum Gasteiger partial charge on any atom is -0.491 e. The number of benzene rings is 1. The summed E-state index contributed by atoms with van der Waals surface area (Å²) < 4.78 is 5.72. The fourth-order valence-electron chi connectivity index (χ4n) is 1.66. The molecule has 1 aromatic carbocycles. The lowest BCUT2D eigenvalue weighted by Gasteiger charge is -2.16. The molecule has 0 aromatic heterocycles. The first-order chi connectivity index (χ1) is 7.52. The molecule has 3 nitrogen and oxygen atoms in total. The molecule has 16 heavy (non-hydrogen) atoms. The van der Waals surface area contributed by atoms with E-state index in [1.807, 2.05) is 13.0 Å². The van der Waals surface area contributed by atoms with E-state index in [4.69, 9.17) is 15.7 Å². The van der Waals surface area contributed by atoms with Gasteiger partial charge in [0, 0.05) is 6.07 Å². The van der Waals surface area contributed by atoms with E-state index in [2.05, 4.69) is 13.8 Å². The monoisotopic (exact) mass is 218 g/mol. The molecule has 0 radical (unpaired) electrons. The lowest BCUT2D eigenvalue weighted by atomic mass is 10.1. The SMILES string of the molecule is CC(C)CC(C)Oc1ccc(C#N)c(N)c1. The first-order valence-corrected chi connectivity index (χ1v) is 5.49. The van der Waals surface area contributed by atoms with Crippen LogP contribution in [0.2, 0.25) is 0 Å². The second kappa shape index (κ2) is 5.41. The summed E-state index contributed by atoms with van der Waals surface area (Å²) >= 11 is 0. The average Bonchev–Trinajstić information content (AvgIpc) is 2.16. The van der Waals surface area contributed by atoms with Crippen molar-refractivity contribution in [1.82, 2.24) is 0 Å². The smallest absolute Gasteiger partial charge is 0.121 e. The molecule has 0 heterocycles. The zero-order valence-corrected chi connectivity index (χ0v) is 10.0. The van der Waals surface area contributed by atoms with Crippen molar-refractivity contribution >= 4 is 5.69 Å². The average molecular weight is 218 g/mol. The molecule has 1 rings (SSSR count). The Kier molecular flexibility index (Phi) is 4.19. The molecule has 0 fully saturated rings. The Morgan fingerprint density at radius 3 is 2.56 bits per heavy atom. The summed E-state index contributed by atoms with van der Waals surface area (Å²) in [6.07, 6.45) is 1.16. The minimum atomic E-state index is 0.160. The summed E-state index contributed by atoms with van der Waals surface area (Å²) in [6, 6.07) is 7.20. The molecule has 86 valence electrons. The normalized spacial score (nSPS) is 12.2. The summed E-state index contributed by atoms with van der Waals surface area (Å²) in [6.45, 7) is 6.36. The molecule has 1 unspecified atom stereocenters. The molecule has 0 saturated heterocycles. The van der Waals surface area contributed by atoms with Crippen molar-refractivity contribution in [2.75, 3.05) is 5.73 Å². The number of nitriles is 1. The Morgan fingerprint density at radius 1 is 1.38 bits per heavy atom. The van der Waals surface area contributed by atoms with Crippen LogP contribution in [0.4, 0.5) is 5.69 Å². The topological polar surface area (TPSA) is 59.0 Å². The van der Waals surface area contributed by atoms with Crippen molar-refractivity contribution in [3.05, 3.63) is 23.8 Å². The van der Waals surface area contributed by atoms with E-state index in [0.717, 1.165) is 12.2 Å². The predicted molar refractivity (Wildman–Crippen MR) is 65.1 cm³/mol. The first-order valence-electron chi connectivity index (χ1n) is 5.49. The molecule has 3 heteroatoms. The third-order valence-electron chi connectivity index (χ3n) is 2.28. The van der Waals surface area contributed by atoms with Gasteiger partial charge in [-0.3, -0.25) is 0 Å². The molecule has 0 aliphatic heterocycles. The summed E-state index contributed by atoms with van der Waals surface area (Å²) in [5.74, 6) is 1.33. The summed E-state index contributed by atoms with van der Waals surface area (Å²) in [5, 5.41) is 8.74. The lowest BCUT2D eigenvalue weighted by Crippen LogP contribution is -2.14. The Balaban J connectivity index is 2.69. The molecule has 0 amide bonds. The maximum atomic E-state index is 8.74. The standard InChI is InChI=1S/C13H18N2O/c1-9(2)6-10(3)16-12-5-4-11(8-14)13(15)7-12/h4-5,7,9-10H,6,15H2,1-3H3.